The van der Waals surface area contributed by atoms with Gasteiger partial charge in [0.15, 0.2) is 15.6 Å². The molecule has 0 bridgehead atoms. The highest BCUT2D eigenvalue weighted by atomic mass is 79.9. The number of ether oxygens (including phenoxy) is 1. The van der Waals surface area contributed by atoms with Crippen molar-refractivity contribution < 1.29 is 22.9 Å². The second-order valence-electron chi connectivity index (χ2n) is 7.37. The second kappa shape index (κ2) is 10.1. The predicted molar refractivity (Wildman–Crippen MR) is 141 cm³/mol. The van der Waals surface area contributed by atoms with Gasteiger partial charge < -0.3 is 10.1 Å². The lowest BCUT2D eigenvalue weighted by atomic mass is 10.1. The van der Waals surface area contributed by atoms with E-state index in [4.69, 9.17) is 4.74 Å². The first-order valence-corrected chi connectivity index (χ1v) is 14.0. The number of thioether (sulfide) groups is 1. The Bertz CT molecular complexity index is 1490. The fourth-order valence-electron chi connectivity index (χ4n) is 3.37. The molecular formula is C23H16Br2N2O6S2. The second-order valence-corrected chi connectivity index (χ2v) is 12.2. The summed E-state index contributed by atoms with van der Waals surface area (Å²) in [6.45, 7) is 0. The maximum atomic E-state index is 13.1. The number of amides is 1. The van der Waals surface area contributed by atoms with Crippen LogP contribution in [0.4, 0.5) is 11.4 Å². The summed E-state index contributed by atoms with van der Waals surface area (Å²) in [5.41, 5.74) is 1.22. The number of hydrogen-bond acceptors (Lipinski definition) is 7. The predicted octanol–water partition coefficient (Wildman–Crippen LogP) is 6.19. The van der Waals surface area contributed by atoms with Crippen molar-refractivity contribution in [3.05, 3.63) is 89.7 Å². The molecule has 1 amide bonds. The number of nitro groups is 1. The van der Waals surface area contributed by atoms with Gasteiger partial charge in [-0.3, -0.25) is 14.9 Å². The molecule has 0 aliphatic carbocycles. The van der Waals surface area contributed by atoms with Crippen LogP contribution in [0.25, 0.3) is 6.08 Å². The number of nitrogens with zero attached hydrogens (tertiary/aromatic N) is 1. The maximum Gasteiger partial charge on any atom is 0.311 e. The van der Waals surface area contributed by atoms with Gasteiger partial charge >= 0.3 is 5.69 Å². The topological polar surface area (TPSA) is 116 Å². The molecule has 0 fully saturated rings. The molecule has 0 saturated carbocycles. The average Bonchev–Trinajstić information content (AvgIpc) is 2.81. The molecule has 3 aromatic carbocycles. The molecule has 0 saturated heterocycles. The van der Waals surface area contributed by atoms with Gasteiger partial charge in [0.2, 0.25) is 0 Å². The summed E-state index contributed by atoms with van der Waals surface area (Å²) in [4.78, 5) is 24.5. The normalized spacial score (nSPS) is 14.4. The summed E-state index contributed by atoms with van der Waals surface area (Å²) >= 11 is 7.93. The van der Waals surface area contributed by atoms with Crippen LogP contribution in [0.15, 0.2) is 78.2 Å². The van der Waals surface area contributed by atoms with Crippen molar-refractivity contribution in [2.45, 2.75) is 15.5 Å². The molecule has 12 heteroatoms. The number of halogens is 2. The van der Waals surface area contributed by atoms with Crippen molar-refractivity contribution in [3.8, 4) is 5.75 Å². The van der Waals surface area contributed by atoms with E-state index in [2.05, 4.69) is 37.2 Å². The molecular weight excluding hydrogens is 624 g/mol. The molecule has 8 nitrogen and oxygen atoms in total. The van der Waals surface area contributed by atoms with Crippen LogP contribution in [0.2, 0.25) is 0 Å². The van der Waals surface area contributed by atoms with Crippen molar-refractivity contribution in [1.29, 1.82) is 0 Å². The Morgan fingerprint density at radius 3 is 2.49 bits per heavy atom. The Morgan fingerprint density at radius 2 is 1.83 bits per heavy atom. The van der Waals surface area contributed by atoms with E-state index in [1.165, 1.54) is 37.5 Å². The number of carbonyl (C=O) groups excluding carboxylic acids is 1. The van der Waals surface area contributed by atoms with Crippen LogP contribution in [0.5, 0.6) is 5.75 Å². The summed E-state index contributed by atoms with van der Waals surface area (Å²) < 4.78 is 32.5. The molecule has 0 unspecified atom stereocenters. The molecule has 0 spiro atoms. The number of methoxy groups -OCH3 is 1. The van der Waals surface area contributed by atoms with Crippen LogP contribution < -0.4 is 10.1 Å². The molecule has 0 atom stereocenters. The summed E-state index contributed by atoms with van der Waals surface area (Å²) in [6, 6.07) is 14.3. The number of benzene rings is 3. The molecule has 180 valence electrons. The van der Waals surface area contributed by atoms with Crippen molar-refractivity contribution >= 4 is 76.8 Å². The fourth-order valence-corrected chi connectivity index (χ4v) is 7.38. The van der Waals surface area contributed by atoms with Gasteiger partial charge in [-0.25, -0.2) is 8.42 Å². The third kappa shape index (κ3) is 5.45. The molecule has 1 aliphatic rings. The zero-order valence-electron chi connectivity index (χ0n) is 17.9. The van der Waals surface area contributed by atoms with Crippen LogP contribution >= 0.6 is 43.6 Å². The summed E-state index contributed by atoms with van der Waals surface area (Å²) in [5.74, 6) is -0.549. The fraction of sp³-hybridized carbons (Fsp3) is 0.0870. The maximum absolute atomic E-state index is 13.1. The third-order valence-corrected chi connectivity index (χ3v) is 9.32. The van der Waals surface area contributed by atoms with Gasteiger partial charge in [0.05, 0.1) is 33.3 Å². The quantitative estimate of drug-likeness (QED) is 0.194. The number of sulfone groups is 1. The van der Waals surface area contributed by atoms with E-state index in [-0.39, 0.29) is 22.1 Å². The molecule has 1 heterocycles. The first-order chi connectivity index (χ1) is 16.6. The Kier molecular flexibility index (Phi) is 7.36. The van der Waals surface area contributed by atoms with Gasteiger partial charge in [0, 0.05) is 19.9 Å². The minimum absolute atomic E-state index is 0.0815. The van der Waals surface area contributed by atoms with Crippen molar-refractivity contribution in [2.75, 3.05) is 12.4 Å². The van der Waals surface area contributed by atoms with Gasteiger partial charge in [-0.15, -0.1) is 0 Å². The molecule has 35 heavy (non-hydrogen) atoms. The van der Waals surface area contributed by atoms with Gasteiger partial charge in [0.25, 0.3) is 5.91 Å². The summed E-state index contributed by atoms with van der Waals surface area (Å²) in [6.07, 6.45) is 1.53. The van der Waals surface area contributed by atoms with Crippen molar-refractivity contribution in [2.24, 2.45) is 0 Å². The van der Waals surface area contributed by atoms with Crippen molar-refractivity contribution in [1.82, 2.24) is 0 Å². The van der Waals surface area contributed by atoms with Crippen molar-refractivity contribution in [3.63, 3.8) is 0 Å². The van der Waals surface area contributed by atoms with Crippen LogP contribution in [0, 0.1) is 10.1 Å². The number of carbonyl (C=O) groups is 1. The van der Waals surface area contributed by atoms with E-state index in [1.54, 1.807) is 30.3 Å². The molecule has 1 aliphatic heterocycles. The number of hydrogen-bond donors (Lipinski definition) is 1. The third-order valence-electron chi connectivity index (χ3n) is 5.10. The summed E-state index contributed by atoms with van der Waals surface area (Å²) in [7, 11) is -2.36. The lowest BCUT2D eigenvalue weighted by Crippen LogP contribution is -2.18. The smallest absolute Gasteiger partial charge is 0.311 e. The highest BCUT2D eigenvalue weighted by Gasteiger charge is 2.25. The lowest BCUT2D eigenvalue weighted by Gasteiger charge is -2.19. The lowest BCUT2D eigenvalue weighted by molar-refractivity contribution is -0.385. The SMILES string of the molecule is COc1ccc(/C=C2\Sc3ccc(S(=O)(=O)Cc4c(Br)cccc4Br)cc3NC2=O)cc1[N+](=O)[O-]. The first-order valence-electron chi connectivity index (χ1n) is 9.92. The van der Waals surface area contributed by atoms with Gasteiger partial charge in [-0.05, 0) is 53.6 Å². The average molecular weight is 640 g/mol. The van der Waals surface area contributed by atoms with E-state index in [1.807, 2.05) is 0 Å². The molecule has 4 rings (SSSR count). The van der Waals surface area contributed by atoms with Crippen LogP contribution in [0.1, 0.15) is 11.1 Å². The van der Waals surface area contributed by atoms with E-state index in [9.17, 15) is 23.3 Å². The van der Waals surface area contributed by atoms with Gasteiger partial charge in [0.1, 0.15) is 0 Å². The van der Waals surface area contributed by atoms with Crippen LogP contribution in [-0.4, -0.2) is 26.4 Å². The van der Waals surface area contributed by atoms with E-state index in [0.717, 1.165) is 11.8 Å². The standard InChI is InChI=1S/C23H16Br2N2O6S2/c1-33-20-7-5-13(9-19(20)27(29)30)10-22-23(28)26-18-11-14(6-8-21(18)34-22)35(31,32)12-15-16(24)3-2-4-17(15)25/h2-11H,12H2,1H3,(H,26,28)/b22-10-. The number of anilines is 1. The Labute approximate surface area is 222 Å². The Morgan fingerprint density at radius 1 is 1.11 bits per heavy atom. The number of nitro benzene ring substituents is 1. The Balaban J connectivity index is 1.62. The summed E-state index contributed by atoms with van der Waals surface area (Å²) in [5, 5.41) is 14.0. The molecule has 1 N–H and O–H groups in total. The van der Waals surface area contributed by atoms with E-state index >= 15 is 0 Å². The minimum atomic E-state index is -3.70. The minimum Gasteiger partial charge on any atom is -0.490 e. The van der Waals surface area contributed by atoms with Crippen LogP contribution in [-0.2, 0) is 20.4 Å². The number of rotatable bonds is 6. The monoisotopic (exact) mass is 638 g/mol. The first kappa shape index (κ1) is 25.4. The highest BCUT2D eigenvalue weighted by Crippen LogP contribution is 2.41. The zero-order chi connectivity index (χ0) is 25.3. The van der Waals surface area contributed by atoms with E-state index < -0.39 is 20.7 Å². The number of fused-ring (bicyclic) bond motifs is 1. The van der Waals surface area contributed by atoms with E-state index in [0.29, 0.717) is 35.6 Å². The molecule has 0 radical (unpaired) electrons. The Hall–Kier alpha value is -2.67. The molecule has 0 aromatic heterocycles. The largest absolute Gasteiger partial charge is 0.490 e. The van der Waals surface area contributed by atoms with Crippen LogP contribution in [0.3, 0.4) is 0 Å². The van der Waals surface area contributed by atoms with Gasteiger partial charge in [-0.1, -0.05) is 55.8 Å². The number of nitrogens with one attached hydrogen (secondary N) is 1. The zero-order valence-corrected chi connectivity index (χ0v) is 22.8. The van der Waals surface area contributed by atoms with Gasteiger partial charge in [-0.2, -0.15) is 0 Å². The molecule has 3 aromatic rings. The highest BCUT2D eigenvalue weighted by molar-refractivity contribution is 9.11.